The van der Waals surface area contributed by atoms with Crippen LogP contribution in [0.25, 0.3) is 0 Å². The van der Waals surface area contributed by atoms with Gasteiger partial charge in [-0.15, -0.1) is 0 Å². The molecule has 8 heteroatoms. The van der Waals surface area contributed by atoms with Crippen LogP contribution in [-0.2, 0) is 4.79 Å². The van der Waals surface area contributed by atoms with Crippen LogP contribution in [0.4, 0.5) is 9.18 Å². The summed E-state index contributed by atoms with van der Waals surface area (Å²) in [6.07, 6.45) is 1.38. The fourth-order valence-corrected chi connectivity index (χ4v) is 2.30. The first kappa shape index (κ1) is 18.0. The number of hydrogen-bond donors (Lipinski definition) is 4. The Hall–Kier alpha value is -2.35. The van der Waals surface area contributed by atoms with Crippen LogP contribution in [0, 0.1) is 5.82 Å². The van der Waals surface area contributed by atoms with E-state index in [9.17, 15) is 19.1 Å². The summed E-state index contributed by atoms with van der Waals surface area (Å²) in [5, 5.41) is 17.6. The van der Waals surface area contributed by atoms with E-state index in [1.165, 1.54) is 18.2 Å². The number of carbonyl (C=O) groups is 2. The average Bonchev–Trinajstić information content (AvgIpc) is 2.76. The van der Waals surface area contributed by atoms with E-state index in [1.807, 2.05) is 0 Å². The van der Waals surface area contributed by atoms with E-state index in [1.54, 1.807) is 6.07 Å². The second kappa shape index (κ2) is 9.07. The zero-order chi connectivity index (χ0) is 17.4. The molecule has 1 heterocycles. The molecule has 2 atom stereocenters. The first-order valence-electron chi connectivity index (χ1n) is 7.93. The van der Waals surface area contributed by atoms with Crippen molar-refractivity contribution in [2.75, 3.05) is 19.7 Å². The van der Waals surface area contributed by atoms with Crippen molar-refractivity contribution < 1.29 is 23.8 Å². The van der Waals surface area contributed by atoms with Gasteiger partial charge in [0, 0.05) is 19.2 Å². The third-order valence-electron chi connectivity index (χ3n) is 3.58. The molecule has 1 aliphatic rings. The van der Waals surface area contributed by atoms with Gasteiger partial charge in [0.15, 0.2) is 0 Å². The Kier molecular flexibility index (Phi) is 6.80. The molecule has 132 valence electrons. The molecule has 1 fully saturated rings. The van der Waals surface area contributed by atoms with Gasteiger partial charge in [-0.1, -0.05) is 6.07 Å². The lowest BCUT2D eigenvalue weighted by atomic mass is 10.1. The molecule has 1 aliphatic heterocycles. The third kappa shape index (κ3) is 6.04. The van der Waals surface area contributed by atoms with Gasteiger partial charge in [0.25, 0.3) is 0 Å². The molecule has 2 rings (SSSR count). The van der Waals surface area contributed by atoms with Gasteiger partial charge in [0.2, 0.25) is 5.91 Å². The molecule has 0 aliphatic carbocycles. The highest BCUT2D eigenvalue weighted by atomic mass is 19.1. The van der Waals surface area contributed by atoms with Gasteiger partial charge in [-0.2, -0.15) is 0 Å². The smallest absolute Gasteiger partial charge is 0.315 e. The molecular weight excluding hydrogens is 317 g/mol. The van der Waals surface area contributed by atoms with Crippen molar-refractivity contribution in [2.24, 2.45) is 0 Å². The number of carbonyl (C=O) groups excluding carboxylic acids is 2. The number of ether oxygens (including phenoxy) is 1. The molecule has 0 spiro atoms. The van der Waals surface area contributed by atoms with Crippen molar-refractivity contribution >= 4 is 11.9 Å². The Balaban J connectivity index is 1.68. The molecule has 1 saturated heterocycles. The van der Waals surface area contributed by atoms with Gasteiger partial charge < -0.3 is 25.8 Å². The molecular formula is C16H22FN3O4. The summed E-state index contributed by atoms with van der Waals surface area (Å²) in [5.74, 6) is -0.326. The largest absolute Gasteiger partial charge is 0.491 e. The van der Waals surface area contributed by atoms with Crippen LogP contribution in [0.15, 0.2) is 24.3 Å². The topological polar surface area (TPSA) is 99.7 Å². The number of aliphatic hydroxyl groups excluding tert-OH is 1. The second-order valence-electron chi connectivity index (χ2n) is 5.62. The zero-order valence-corrected chi connectivity index (χ0v) is 13.3. The number of rotatable bonds is 6. The summed E-state index contributed by atoms with van der Waals surface area (Å²) in [7, 11) is 0. The first-order chi connectivity index (χ1) is 11.5. The lowest BCUT2D eigenvalue weighted by Gasteiger charge is -2.17. The Labute approximate surface area is 139 Å². The molecule has 0 saturated carbocycles. The normalized spacial score (nSPS) is 18.9. The summed E-state index contributed by atoms with van der Waals surface area (Å²) in [4.78, 5) is 23.5. The number of benzene rings is 1. The van der Waals surface area contributed by atoms with Gasteiger partial charge in [-0.05, 0) is 31.4 Å². The van der Waals surface area contributed by atoms with E-state index in [0.717, 1.165) is 12.8 Å². The molecule has 24 heavy (non-hydrogen) atoms. The van der Waals surface area contributed by atoms with Gasteiger partial charge in [-0.3, -0.25) is 4.79 Å². The third-order valence-corrected chi connectivity index (χ3v) is 3.58. The predicted octanol–water partition coefficient (Wildman–Crippen LogP) is 0.533. The van der Waals surface area contributed by atoms with Crippen LogP contribution < -0.4 is 20.7 Å². The minimum absolute atomic E-state index is 0.0461. The van der Waals surface area contributed by atoms with Crippen molar-refractivity contribution in [1.29, 1.82) is 0 Å². The van der Waals surface area contributed by atoms with Crippen LogP contribution in [0.3, 0.4) is 0 Å². The van der Waals surface area contributed by atoms with E-state index in [2.05, 4.69) is 16.0 Å². The lowest BCUT2D eigenvalue weighted by Crippen LogP contribution is -2.50. The van der Waals surface area contributed by atoms with Crippen molar-refractivity contribution in [3.8, 4) is 5.75 Å². The van der Waals surface area contributed by atoms with Gasteiger partial charge in [0.05, 0.1) is 0 Å². The van der Waals surface area contributed by atoms with Crippen LogP contribution >= 0.6 is 0 Å². The number of hydrogen-bond acceptors (Lipinski definition) is 4. The van der Waals surface area contributed by atoms with Crippen molar-refractivity contribution in [3.63, 3.8) is 0 Å². The zero-order valence-electron chi connectivity index (χ0n) is 13.3. The van der Waals surface area contributed by atoms with Crippen molar-refractivity contribution in [1.82, 2.24) is 16.0 Å². The van der Waals surface area contributed by atoms with Crippen molar-refractivity contribution in [3.05, 3.63) is 30.1 Å². The minimum atomic E-state index is -0.957. The van der Waals surface area contributed by atoms with E-state index in [4.69, 9.17) is 4.74 Å². The molecule has 0 bridgehead atoms. The summed E-state index contributed by atoms with van der Waals surface area (Å²) < 4.78 is 18.2. The molecule has 7 nitrogen and oxygen atoms in total. The van der Waals surface area contributed by atoms with E-state index in [0.29, 0.717) is 18.7 Å². The Morgan fingerprint density at radius 3 is 3.08 bits per heavy atom. The van der Waals surface area contributed by atoms with Gasteiger partial charge in [0.1, 0.15) is 30.3 Å². The van der Waals surface area contributed by atoms with Crippen LogP contribution in [-0.4, -0.2) is 48.9 Å². The molecule has 0 unspecified atom stereocenters. The van der Waals surface area contributed by atoms with Crippen LogP contribution in [0.2, 0.25) is 0 Å². The monoisotopic (exact) mass is 339 g/mol. The number of nitrogens with one attached hydrogen (secondary N) is 3. The van der Waals surface area contributed by atoms with Crippen LogP contribution in [0.1, 0.15) is 19.3 Å². The molecule has 1 aromatic rings. The summed E-state index contributed by atoms with van der Waals surface area (Å²) >= 11 is 0. The van der Waals surface area contributed by atoms with Gasteiger partial charge in [-0.25, -0.2) is 9.18 Å². The lowest BCUT2D eigenvalue weighted by molar-refractivity contribution is -0.122. The maximum absolute atomic E-state index is 13.0. The fraction of sp³-hybridized carbons (Fsp3) is 0.500. The number of aliphatic hydroxyl groups is 1. The maximum Gasteiger partial charge on any atom is 0.315 e. The van der Waals surface area contributed by atoms with Gasteiger partial charge >= 0.3 is 6.03 Å². The Morgan fingerprint density at radius 1 is 1.46 bits per heavy atom. The highest BCUT2D eigenvalue weighted by Crippen LogP contribution is 2.12. The fourth-order valence-electron chi connectivity index (χ4n) is 2.30. The Morgan fingerprint density at radius 2 is 2.29 bits per heavy atom. The predicted molar refractivity (Wildman–Crippen MR) is 85.1 cm³/mol. The summed E-state index contributed by atoms with van der Waals surface area (Å²) in [6, 6.07) is 4.48. The molecule has 4 N–H and O–H groups in total. The summed E-state index contributed by atoms with van der Waals surface area (Å²) in [6.45, 7) is 0.484. The maximum atomic E-state index is 13.0. The average molecular weight is 339 g/mol. The molecule has 3 amide bonds. The highest BCUT2D eigenvalue weighted by molar-refractivity contribution is 5.87. The molecule has 0 radical (unpaired) electrons. The number of urea groups is 1. The summed E-state index contributed by atoms with van der Waals surface area (Å²) in [5.41, 5.74) is 0. The van der Waals surface area contributed by atoms with Crippen LogP contribution in [0.5, 0.6) is 5.75 Å². The highest BCUT2D eigenvalue weighted by Gasteiger charge is 2.22. The number of amides is 3. The SMILES string of the molecule is O=C(NC[C@H](O)COc1cccc(F)c1)N[C@H]1CCCCNC1=O. The standard InChI is InChI=1S/C16H22FN3O4/c17-11-4-3-5-13(8-11)24-10-12(21)9-19-16(23)20-14-6-1-2-7-18-15(14)22/h3-5,8,12,14,21H,1-2,6-7,9-10H2,(H,18,22)(H2,19,20,23)/t12-,14-/m0/s1. The first-order valence-corrected chi connectivity index (χ1v) is 7.93. The Bertz CT molecular complexity index is 570. The quantitative estimate of drug-likeness (QED) is 0.608. The van der Waals surface area contributed by atoms with E-state index in [-0.39, 0.29) is 19.1 Å². The van der Waals surface area contributed by atoms with E-state index < -0.39 is 24.0 Å². The second-order valence-corrected chi connectivity index (χ2v) is 5.62. The molecule has 1 aromatic carbocycles. The number of halogens is 1. The van der Waals surface area contributed by atoms with E-state index >= 15 is 0 Å². The molecule has 0 aromatic heterocycles. The minimum Gasteiger partial charge on any atom is -0.491 e. The van der Waals surface area contributed by atoms with Crippen molar-refractivity contribution in [2.45, 2.75) is 31.4 Å².